The van der Waals surface area contributed by atoms with Gasteiger partial charge in [-0.15, -0.1) is 0 Å². The van der Waals surface area contributed by atoms with Gasteiger partial charge in [0.2, 0.25) is 0 Å². The lowest BCUT2D eigenvalue weighted by atomic mass is 9.78. The Morgan fingerprint density at radius 3 is 2.32 bits per heavy atom. The minimum atomic E-state index is -0.575. The zero-order chi connectivity index (χ0) is 13.7. The van der Waals surface area contributed by atoms with Crippen LogP contribution in [0.5, 0.6) is 5.75 Å². The summed E-state index contributed by atoms with van der Waals surface area (Å²) in [6.45, 7) is 1.95. The molecule has 0 N–H and O–H groups in total. The monoisotopic (exact) mass is 254 g/mol. The van der Waals surface area contributed by atoms with Gasteiger partial charge in [0.15, 0.2) is 0 Å². The van der Waals surface area contributed by atoms with Gasteiger partial charge in [0.1, 0.15) is 12.0 Å². The Bertz CT molecular complexity index is 548. The van der Waals surface area contributed by atoms with Gasteiger partial charge in [-0.25, -0.2) is 0 Å². The number of hydrogen-bond acceptors (Lipinski definition) is 2. The van der Waals surface area contributed by atoms with Crippen molar-refractivity contribution in [3.8, 4) is 5.75 Å². The van der Waals surface area contributed by atoms with Gasteiger partial charge in [0.05, 0.1) is 12.5 Å². The van der Waals surface area contributed by atoms with Crippen LogP contribution >= 0.6 is 0 Å². The predicted molar refractivity (Wildman–Crippen MR) is 76.6 cm³/mol. The minimum Gasteiger partial charge on any atom is -0.496 e. The molecule has 2 aromatic rings. The number of carbonyl (C=O) groups is 1. The maximum absolute atomic E-state index is 11.6. The van der Waals surface area contributed by atoms with Gasteiger partial charge in [0, 0.05) is 5.56 Å². The molecule has 0 bridgehead atoms. The van der Waals surface area contributed by atoms with Crippen LogP contribution in [0.1, 0.15) is 18.1 Å². The molecule has 0 heterocycles. The number of carbonyl (C=O) groups excluding carboxylic acids is 1. The van der Waals surface area contributed by atoms with Crippen LogP contribution in [0.2, 0.25) is 0 Å². The SMILES string of the molecule is COc1ccccc1C(C)(C=O)Cc1ccccc1. The Kier molecular flexibility index (Phi) is 4.00. The highest BCUT2D eigenvalue weighted by Gasteiger charge is 2.29. The minimum absolute atomic E-state index is 0.575. The van der Waals surface area contributed by atoms with Gasteiger partial charge >= 0.3 is 0 Å². The second-order valence-corrected chi connectivity index (χ2v) is 4.90. The van der Waals surface area contributed by atoms with Crippen molar-refractivity contribution in [3.05, 3.63) is 65.7 Å². The quantitative estimate of drug-likeness (QED) is 0.764. The van der Waals surface area contributed by atoms with Crippen molar-refractivity contribution in [2.75, 3.05) is 7.11 Å². The fourth-order valence-electron chi connectivity index (χ4n) is 2.34. The van der Waals surface area contributed by atoms with E-state index in [1.165, 1.54) is 0 Å². The largest absolute Gasteiger partial charge is 0.496 e. The van der Waals surface area contributed by atoms with Gasteiger partial charge in [-0.2, -0.15) is 0 Å². The second-order valence-electron chi connectivity index (χ2n) is 4.90. The summed E-state index contributed by atoms with van der Waals surface area (Å²) in [7, 11) is 1.63. The molecule has 19 heavy (non-hydrogen) atoms. The predicted octanol–water partition coefficient (Wildman–Crippen LogP) is 3.39. The fraction of sp³-hybridized carbons (Fsp3) is 0.235. The van der Waals surface area contributed by atoms with Gasteiger partial charge in [-0.3, -0.25) is 0 Å². The second kappa shape index (κ2) is 5.70. The van der Waals surface area contributed by atoms with Gasteiger partial charge in [-0.05, 0) is 25.0 Å². The summed E-state index contributed by atoms with van der Waals surface area (Å²) in [6.07, 6.45) is 1.68. The summed E-state index contributed by atoms with van der Waals surface area (Å²) in [5, 5.41) is 0. The van der Waals surface area contributed by atoms with Crippen molar-refractivity contribution in [3.63, 3.8) is 0 Å². The third-order valence-electron chi connectivity index (χ3n) is 3.40. The van der Waals surface area contributed by atoms with Crippen LogP contribution in [0.15, 0.2) is 54.6 Å². The van der Waals surface area contributed by atoms with E-state index in [9.17, 15) is 4.79 Å². The normalized spacial score (nSPS) is 13.6. The smallest absolute Gasteiger partial charge is 0.130 e. The first-order valence-corrected chi connectivity index (χ1v) is 6.33. The van der Waals surface area contributed by atoms with Gasteiger partial charge in [-0.1, -0.05) is 48.5 Å². The highest BCUT2D eigenvalue weighted by molar-refractivity contribution is 5.70. The number of rotatable bonds is 5. The van der Waals surface area contributed by atoms with Crippen molar-refractivity contribution >= 4 is 6.29 Å². The van der Waals surface area contributed by atoms with Crippen molar-refractivity contribution in [2.45, 2.75) is 18.8 Å². The maximum atomic E-state index is 11.6. The van der Waals surface area contributed by atoms with Crippen LogP contribution in [-0.2, 0) is 16.6 Å². The zero-order valence-electron chi connectivity index (χ0n) is 11.3. The highest BCUT2D eigenvalue weighted by Crippen LogP contribution is 2.33. The Balaban J connectivity index is 2.39. The van der Waals surface area contributed by atoms with Crippen molar-refractivity contribution in [1.82, 2.24) is 0 Å². The first kappa shape index (κ1) is 13.3. The molecule has 1 atom stereocenters. The first-order valence-electron chi connectivity index (χ1n) is 6.33. The van der Waals surface area contributed by atoms with Crippen LogP contribution < -0.4 is 4.74 Å². The van der Waals surface area contributed by atoms with Crippen molar-refractivity contribution in [1.29, 1.82) is 0 Å². The molecule has 2 rings (SSSR count). The molecule has 1 unspecified atom stereocenters. The van der Waals surface area contributed by atoms with Crippen LogP contribution in [0.4, 0.5) is 0 Å². The lowest BCUT2D eigenvalue weighted by Crippen LogP contribution is -2.27. The van der Waals surface area contributed by atoms with E-state index in [2.05, 4.69) is 0 Å². The van der Waals surface area contributed by atoms with Crippen molar-refractivity contribution in [2.24, 2.45) is 0 Å². The molecule has 0 saturated heterocycles. The first-order chi connectivity index (χ1) is 9.19. The zero-order valence-corrected chi connectivity index (χ0v) is 11.3. The molecule has 0 spiro atoms. The maximum Gasteiger partial charge on any atom is 0.130 e. The molecular formula is C17H18O2. The Hall–Kier alpha value is -2.09. The molecule has 0 radical (unpaired) electrons. The summed E-state index contributed by atoms with van der Waals surface area (Å²) in [5.41, 5.74) is 1.49. The lowest BCUT2D eigenvalue weighted by Gasteiger charge is -2.25. The molecule has 98 valence electrons. The van der Waals surface area contributed by atoms with Gasteiger partial charge in [0.25, 0.3) is 0 Å². The molecule has 2 aromatic carbocycles. The molecule has 2 heteroatoms. The molecule has 0 saturated carbocycles. The number of aldehydes is 1. The standard InChI is InChI=1S/C17H18O2/c1-17(13-18,12-14-8-4-3-5-9-14)15-10-6-7-11-16(15)19-2/h3-11,13H,12H2,1-2H3. The molecule has 0 aromatic heterocycles. The summed E-state index contributed by atoms with van der Waals surface area (Å²) in [5.74, 6) is 0.757. The van der Waals surface area contributed by atoms with E-state index in [0.717, 1.165) is 23.2 Å². The van der Waals surface area contributed by atoms with Crippen LogP contribution in [0.3, 0.4) is 0 Å². The third-order valence-corrected chi connectivity index (χ3v) is 3.40. The number of methoxy groups -OCH3 is 1. The average Bonchev–Trinajstić information content (AvgIpc) is 2.48. The molecule has 2 nitrogen and oxygen atoms in total. The molecule has 0 aliphatic carbocycles. The van der Waals surface area contributed by atoms with E-state index >= 15 is 0 Å². The molecule has 0 aliphatic heterocycles. The summed E-state index contributed by atoms with van der Waals surface area (Å²) in [4.78, 5) is 11.6. The highest BCUT2D eigenvalue weighted by atomic mass is 16.5. The average molecular weight is 254 g/mol. The number of para-hydroxylation sites is 1. The lowest BCUT2D eigenvalue weighted by molar-refractivity contribution is -0.112. The van der Waals surface area contributed by atoms with Crippen LogP contribution in [0.25, 0.3) is 0 Å². The van der Waals surface area contributed by atoms with E-state index < -0.39 is 5.41 Å². The van der Waals surface area contributed by atoms with E-state index in [1.54, 1.807) is 7.11 Å². The van der Waals surface area contributed by atoms with E-state index in [0.29, 0.717) is 6.42 Å². The number of hydrogen-bond donors (Lipinski definition) is 0. The summed E-state index contributed by atoms with van der Waals surface area (Å²) in [6, 6.07) is 17.7. The fourth-order valence-corrected chi connectivity index (χ4v) is 2.34. The summed E-state index contributed by atoms with van der Waals surface area (Å²) >= 11 is 0. The van der Waals surface area contributed by atoms with Crippen molar-refractivity contribution < 1.29 is 9.53 Å². The third kappa shape index (κ3) is 2.84. The Morgan fingerprint density at radius 2 is 1.68 bits per heavy atom. The molecular weight excluding hydrogens is 236 g/mol. The molecule has 0 amide bonds. The topological polar surface area (TPSA) is 26.3 Å². The van der Waals surface area contributed by atoms with Gasteiger partial charge < -0.3 is 9.53 Å². The Labute approximate surface area is 114 Å². The number of ether oxygens (including phenoxy) is 1. The molecule has 0 aliphatic rings. The van der Waals surface area contributed by atoms with E-state index in [-0.39, 0.29) is 0 Å². The van der Waals surface area contributed by atoms with E-state index in [1.807, 2.05) is 61.5 Å². The van der Waals surface area contributed by atoms with E-state index in [4.69, 9.17) is 4.74 Å². The Morgan fingerprint density at radius 1 is 1.05 bits per heavy atom. The summed E-state index contributed by atoms with van der Waals surface area (Å²) < 4.78 is 5.37. The van der Waals surface area contributed by atoms with Crippen LogP contribution in [-0.4, -0.2) is 13.4 Å². The molecule has 0 fully saturated rings. The van der Waals surface area contributed by atoms with Crippen LogP contribution in [0, 0.1) is 0 Å². The number of benzene rings is 2.